The first kappa shape index (κ1) is 16.4. The van der Waals surface area contributed by atoms with Crippen LogP contribution in [0.5, 0.6) is 0 Å². The maximum absolute atomic E-state index is 12.2. The van der Waals surface area contributed by atoms with Crippen LogP contribution in [0, 0.1) is 0 Å². The Morgan fingerprint density at radius 3 is 2.89 bits per heavy atom. The number of likely N-dealkylation sites (tertiary alicyclic amines) is 1. The molecule has 1 aliphatic heterocycles. The van der Waals surface area contributed by atoms with Crippen molar-refractivity contribution in [3.8, 4) is 0 Å². The SMILES string of the molecule is COCCCNC(=O)C(C)N1C(C)CCCC1CN. The van der Waals surface area contributed by atoms with Crippen molar-refractivity contribution in [1.82, 2.24) is 10.2 Å². The highest BCUT2D eigenvalue weighted by Crippen LogP contribution is 2.24. The van der Waals surface area contributed by atoms with Crippen molar-refractivity contribution < 1.29 is 9.53 Å². The van der Waals surface area contributed by atoms with Gasteiger partial charge in [0.15, 0.2) is 0 Å². The van der Waals surface area contributed by atoms with Crippen LogP contribution in [0.2, 0.25) is 0 Å². The molecule has 5 heteroatoms. The molecule has 0 bridgehead atoms. The Balaban J connectivity index is 2.48. The molecule has 3 N–H and O–H groups in total. The van der Waals surface area contributed by atoms with E-state index in [1.165, 1.54) is 6.42 Å². The van der Waals surface area contributed by atoms with E-state index in [0.29, 0.717) is 31.8 Å². The molecule has 19 heavy (non-hydrogen) atoms. The molecular formula is C14H29N3O2. The maximum Gasteiger partial charge on any atom is 0.237 e. The monoisotopic (exact) mass is 271 g/mol. The number of methoxy groups -OCH3 is 1. The van der Waals surface area contributed by atoms with Gasteiger partial charge < -0.3 is 15.8 Å². The van der Waals surface area contributed by atoms with Crippen molar-refractivity contribution in [2.75, 3.05) is 26.8 Å². The Morgan fingerprint density at radius 2 is 2.26 bits per heavy atom. The third-order valence-corrected chi connectivity index (χ3v) is 4.01. The number of rotatable bonds is 7. The summed E-state index contributed by atoms with van der Waals surface area (Å²) in [6, 6.07) is 0.664. The van der Waals surface area contributed by atoms with Crippen LogP contribution in [-0.4, -0.2) is 55.7 Å². The summed E-state index contributed by atoms with van der Waals surface area (Å²) in [5.41, 5.74) is 5.84. The summed E-state index contributed by atoms with van der Waals surface area (Å²) in [6.45, 7) is 6.16. The van der Waals surface area contributed by atoms with Crippen LogP contribution in [0.3, 0.4) is 0 Å². The number of nitrogens with one attached hydrogen (secondary N) is 1. The Kier molecular flexibility index (Phi) is 7.34. The van der Waals surface area contributed by atoms with Crippen LogP contribution in [-0.2, 0) is 9.53 Å². The Bertz CT molecular complexity index is 273. The average Bonchev–Trinajstić information content (AvgIpc) is 2.42. The summed E-state index contributed by atoms with van der Waals surface area (Å²) >= 11 is 0. The number of hydrogen-bond donors (Lipinski definition) is 2. The normalized spacial score (nSPS) is 26.1. The number of nitrogens with two attached hydrogens (primary N) is 1. The summed E-state index contributed by atoms with van der Waals surface area (Å²) in [5, 5.41) is 2.98. The van der Waals surface area contributed by atoms with E-state index in [-0.39, 0.29) is 11.9 Å². The van der Waals surface area contributed by atoms with Crippen molar-refractivity contribution in [1.29, 1.82) is 0 Å². The molecule has 0 aromatic carbocycles. The molecule has 1 saturated heterocycles. The molecule has 3 atom stereocenters. The van der Waals surface area contributed by atoms with E-state index in [0.717, 1.165) is 19.3 Å². The van der Waals surface area contributed by atoms with Crippen molar-refractivity contribution in [2.45, 2.75) is 57.7 Å². The second kappa shape index (κ2) is 8.51. The standard InChI is InChI=1S/C14H29N3O2/c1-11-6-4-7-13(10-15)17(11)12(2)14(18)16-8-5-9-19-3/h11-13H,4-10,15H2,1-3H3,(H,16,18). The van der Waals surface area contributed by atoms with Gasteiger partial charge in [-0.25, -0.2) is 0 Å². The van der Waals surface area contributed by atoms with Gasteiger partial charge in [0.05, 0.1) is 6.04 Å². The zero-order valence-corrected chi connectivity index (χ0v) is 12.5. The summed E-state index contributed by atoms with van der Waals surface area (Å²) in [7, 11) is 1.67. The number of carbonyl (C=O) groups is 1. The predicted molar refractivity (Wildman–Crippen MR) is 77.0 cm³/mol. The molecule has 3 unspecified atom stereocenters. The molecule has 1 rings (SSSR count). The first-order valence-corrected chi connectivity index (χ1v) is 7.36. The van der Waals surface area contributed by atoms with Gasteiger partial charge in [0.1, 0.15) is 0 Å². The minimum atomic E-state index is -0.105. The summed E-state index contributed by atoms with van der Waals surface area (Å²) < 4.78 is 4.97. The Hall–Kier alpha value is -0.650. The fourth-order valence-corrected chi connectivity index (χ4v) is 2.96. The second-order valence-corrected chi connectivity index (χ2v) is 5.43. The zero-order chi connectivity index (χ0) is 14.3. The first-order chi connectivity index (χ1) is 9.11. The van der Waals surface area contributed by atoms with Gasteiger partial charge in [0, 0.05) is 38.9 Å². The van der Waals surface area contributed by atoms with E-state index >= 15 is 0 Å². The van der Waals surface area contributed by atoms with Crippen LogP contribution in [0.1, 0.15) is 39.5 Å². The average molecular weight is 271 g/mol. The lowest BCUT2D eigenvalue weighted by atomic mass is 9.94. The fourth-order valence-electron chi connectivity index (χ4n) is 2.96. The lowest BCUT2D eigenvalue weighted by Gasteiger charge is -2.43. The predicted octanol–water partition coefficient (Wildman–Crippen LogP) is 0.729. The fraction of sp³-hybridized carbons (Fsp3) is 0.929. The third-order valence-electron chi connectivity index (χ3n) is 4.01. The van der Waals surface area contributed by atoms with E-state index < -0.39 is 0 Å². The zero-order valence-electron chi connectivity index (χ0n) is 12.5. The van der Waals surface area contributed by atoms with Gasteiger partial charge in [0.2, 0.25) is 5.91 Å². The van der Waals surface area contributed by atoms with Crippen LogP contribution in [0.25, 0.3) is 0 Å². The van der Waals surface area contributed by atoms with Gasteiger partial charge in [-0.15, -0.1) is 0 Å². The maximum atomic E-state index is 12.2. The summed E-state index contributed by atoms with van der Waals surface area (Å²) in [5.74, 6) is 0.100. The minimum Gasteiger partial charge on any atom is -0.385 e. The van der Waals surface area contributed by atoms with Crippen LogP contribution in [0.4, 0.5) is 0 Å². The molecule has 0 radical (unpaired) electrons. The number of amides is 1. The molecule has 0 aliphatic carbocycles. The molecule has 112 valence electrons. The van der Waals surface area contributed by atoms with Gasteiger partial charge >= 0.3 is 0 Å². The minimum absolute atomic E-state index is 0.100. The number of piperidine rings is 1. The number of ether oxygens (including phenoxy) is 1. The number of hydrogen-bond acceptors (Lipinski definition) is 4. The van der Waals surface area contributed by atoms with Gasteiger partial charge in [-0.1, -0.05) is 6.42 Å². The van der Waals surface area contributed by atoms with Crippen molar-refractivity contribution in [3.63, 3.8) is 0 Å². The molecule has 0 spiro atoms. The second-order valence-electron chi connectivity index (χ2n) is 5.43. The van der Waals surface area contributed by atoms with Gasteiger partial charge in [0.25, 0.3) is 0 Å². The largest absolute Gasteiger partial charge is 0.385 e. The highest BCUT2D eigenvalue weighted by atomic mass is 16.5. The molecule has 1 heterocycles. The van der Waals surface area contributed by atoms with Gasteiger partial charge in [-0.2, -0.15) is 0 Å². The van der Waals surface area contributed by atoms with Gasteiger partial charge in [-0.05, 0) is 33.1 Å². The van der Waals surface area contributed by atoms with E-state index in [1.807, 2.05) is 6.92 Å². The summed E-state index contributed by atoms with van der Waals surface area (Å²) in [6.07, 6.45) is 4.31. The smallest absolute Gasteiger partial charge is 0.237 e. The molecule has 0 saturated carbocycles. The highest BCUT2D eigenvalue weighted by molar-refractivity contribution is 5.81. The Morgan fingerprint density at radius 1 is 1.53 bits per heavy atom. The first-order valence-electron chi connectivity index (χ1n) is 7.36. The van der Waals surface area contributed by atoms with E-state index in [2.05, 4.69) is 17.1 Å². The van der Waals surface area contributed by atoms with E-state index in [4.69, 9.17) is 10.5 Å². The molecule has 0 aromatic rings. The topological polar surface area (TPSA) is 67.6 Å². The number of carbonyl (C=O) groups excluding carboxylic acids is 1. The van der Waals surface area contributed by atoms with Crippen molar-refractivity contribution in [3.05, 3.63) is 0 Å². The van der Waals surface area contributed by atoms with Gasteiger partial charge in [-0.3, -0.25) is 9.69 Å². The van der Waals surface area contributed by atoms with Crippen molar-refractivity contribution >= 4 is 5.91 Å². The number of nitrogens with zero attached hydrogens (tertiary/aromatic N) is 1. The van der Waals surface area contributed by atoms with Crippen LogP contribution < -0.4 is 11.1 Å². The molecule has 0 aromatic heterocycles. The van der Waals surface area contributed by atoms with Crippen LogP contribution in [0.15, 0.2) is 0 Å². The Labute approximate surface area is 116 Å². The van der Waals surface area contributed by atoms with Crippen LogP contribution >= 0.6 is 0 Å². The quantitative estimate of drug-likeness (QED) is 0.670. The summed E-state index contributed by atoms with van der Waals surface area (Å²) in [4.78, 5) is 14.5. The third kappa shape index (κ3) is 4.75. The molecule has 5 nitrogen and oxygen atoms in total. The highest BCUT2D eigenvalue weighted by Gasteiger charge is 2.33. The lowest BCUT2D eigenvalue weighted by Crippen LogP contribution is -2.57. The molecular weight excluding hydrogens is 242 g/mol. The molecule has 1 amide bonds. The lowest BCUT2D eigenvalue weighted by molar-refractivity contribution is -0.128. The van der Waals surface area contributed by atoms with E-state index in [9.17, 15) is 4.79 Å². The van der Waals surface area contributed by atoms with E-state index in [1.54, 1.807) is 7.11 Å². The molecule has 1 aliphatic rings. The molecule has 1 fully saturated rings. The van der Waals surface area contributed by atoms with Crippen molar-refractivity contribution in [2.24, 2.45) is 5.73 Å².